The number of pyridine rings is 1. The Morgan fingerprint density at radius 1 is 1.50 bits per heavy atom. The predicted molar refractivity (Wildman–Crippen MR) is 60.6 cm³/mol. The molecule has 1 atom stereocenters. The second-order valence-corrected chi connectivity index (χ2v) is 3.99. The Morgan fingerprint density at radius 2 is 2.21 bits per heavy atom. The highest BCUT2D eigenvalue weighted by atomic mass is 15.1. The number of anilines is 1. The van der Waals surface area contributed by atoms with Crippen molar-refractivity contribution < 1.29 is 0 Å². The van der Waals surface area contributed by atoms with Crippen LogP contribution in [-0.4, -0.2) is 36.6 Å². The molecule has 0 aliphatic carbocycles. The molecule has 0 bridgehead atoms. The first-order valence-corrected chi connectivity index (χ1v) is 4.92. The van der Waals surface area contributed by atoms with Crippen LogP contribution in [0.3, 0.4) is 0 Å². The Morgan fingerprint density at radius 3 is 2.79 bits per heavy atom. The zero-order valence-electron chi connectivity index (χ0n) is 9.41. The summed E-state index contributed by atoms with van der Waals surface area (Å²) >= 11 is 0. The summed E-state index contributed by atoms with van der Waals surface area (Å²) in [6.07, 6.45) is 1.83. The zero-order chi connectivity index (χ0) is 10.6. The van der Waals surface area contributed by atoms with Gasteiger partial charge in [0.2, 0.25) is 0 Å². The second kappa shape index (κ2) is 4.96. The number of nitrogens with zero attached hydrogens (tertiary/aromatic N) is 2. The molecular formula is C11H19N3. The van der Waals surface area contributed by atoms with E-state index in [0.717, 1.165) is 17.9 Å². The highest BCUT2D eigenvalue weighted by Crippen LogP contribution is 2.08. The van der Waals surface area contributed by atoms with Crippen molar-refractivity contribution in [2.75, 3.05) is 26.0 Å². The molecule has 1 aromatic rings. The molecule has 3 heteroatoms. The third kappa shape index (κ3) is 3.75. The van der Waals surface area contributed by atoms with Gasteiger partial charge in [0.05, 0.1) is 0 Å². The lowest BCUT2D eigenvalue weighted by Crippen LogP contribution is -2.29. The molecule has 0 spiro atoms. The van der Waals surface area contributed by atoms with Gasteiger partial charge in [0.15, 0.2) is 0 Å². The maximum absolute atomic E-state index is 4.16. The Labute approximate surface area is 86.2 Å². The van der Waals surface area contributed by atoms with Gasteiger partial charge in [0, 0.05) is 30.2 Å². The quantitative estimate of drug-likeness (QED) is 0.789. The fourth-order valence-electron chi connectivity index (χ4n) is 1.51. The van der Waals surface area contributed by atoms with E-state index in [9.17, 15) is 0 Å². The molecule has 1 unspecified atom stereocenters. The molecule has 0 radical (unpaired) electrons. The first-order valence-electron chi connectivity index (χ1n) is 4.92. The molecule has 0 saturated heterocycles. The standard InChI is InChI=1S/C11H19N3/c1-9-7-11(5-6-12-9)13-10(2)8-14(3)4/h5-7,10H,8H2,1-4H3,(H,12,13). The van der Waals surface area contributed by atoms with Crippen LogP contribution in [-0.2, 0) is 0 Å². The van der Waals surface area contributed by atoms with Crippen molar-refractivity contribution in [3.05, 3.63) is 24.0 Å². The van der Waals surface area contributed by atoms with E-state index in [0.29, 0.717) is 6.04 Å². The first-order chi connectivity index (χ1) is 6.58. The number of nitrogens with one attached hydrogen (secondary N) is 1. The summed E-state index contributed by atoms with van der Waals surface area (Å²) in [6, 6.07) is 4.51. The molecule has 0 saturated carbocycles. The molecule has 14 heavy (non-hydrogen) atoms. The van der Waals surface area contributed by atoms with E-state index in [1.54, 1.807) is 0 Å². The van der Waals surface area contributed by atoms with Crippen molar-refractivity contribution in [1.29, 1.82) is 0 Å². The van der Waals surface area contributed by atoms with Gasteiger partial charge in [-0.15, -0.1) is 0 Å². The van der Waals surface area contributed by atoms with Crippen LogP contribution in [0, 0.1) is 6.92 Å². The van der Waals surface area contributed by atoms with E-state index in [1.807, 2.05) is 19.2 Å². The van der Waals surface area contributed by atoms with Gasteiger partial charge in [-0.2, -0.15) is 0 Å². The summed E-state index contributed by atoms with van der Waals surface area (Å²) in [4.78, 5) is 6.33. The van der Waals surface area contributed by atoms with Crippen molar-refractivity contribution in [3.8, 4) is 0 Å². The minimum absolute atomic E-state index is 0.451. The van der Waals surface area contributed by atoms with Crippen LogP contribution < -0.4 is 5.32 Å². The van der Waals surface area contributed by atoms with Crippen molar-refractivity contribution in [2.45, 2.75) is 19.9 Å². The smallest absolute Gasteiger partial charge is 0.0393 e. The topological polar surface area (TPSA) is 28.2 Å². The van der Waals surface area contributed by atoms with Gasteiger partial charge in [0.1, 0.15) is 0 Å². The largest absolute Gasteiger partial charge is 0.381 e. The van der Waals surface area contributed by atoms with Crippen LogP contribution in [0.15, 0.2) is 18.3 Å². The molecule has 78 valence electrons. The number of aryl methyl sites for hydroxylation is 1. The molecule has 0 aliphatic rings. The fraction of sp³-hybridized carbons (Fsp3) is 0.545. The average molecular weight is 193 g/mol. The summed E-state index contributed by atoms with van der Waals surface area (Å²) in [6.45, 7) is 5.21. The van der Waals surface area contributed by atoms with E-state index in [2.05, 4.69) is 42.3 Å². The Kier molecular flexibility index (Phi) is 3.89. The van der Waals surface area contributed by atoms with Crippen LogP contribution in [0.4, 0.5) is 5.69 Å². The summed E-state index contributed by atoms with van der Waals surface area (Å²) < 4.78 is 0. The van der Waals surface area contributed by atoms with Crippen LogP contribution in [0.1, 0.15) is 12.6 Å². The third-order valence-corrected chi connectivity index (χ3v) is 1.95. The van der Waals surface area contributed by atoms with Gasteiger partial charge in [-0.3, -0.25) is 4.98 Å². The highest BCUT2D eigenvalue weighted by Gasteiger charge is 2.02. The SMILES string of the molecule is Cc1cc(NC(C)CN(C)C)ccn1. The fourth-order valence-corrected chi connectivity index (χ4v) is 1.51. The van der Waals surface area contributed by atoms with Crippen LogP contribution in [0.5, 0.6) is 0 Å². The highest BCUT2D eigenvalue weighted by molar-refractivity contribution is 5.43. The molecular weight excluding hydrogens is 174 g/mol. The molecule has 0 fully saturated rings. The van der Waals surface area contributed by atoms with E-state index in [4.69, 9.17) is 0 Å². The maximum atomic E-state index is 4.16. The van der Waals surface area contributed by atoms with Crippen molar-refractivity contribution >= 4 is 5.69 Å². The van der Waals surface area contributed by atoms with Crippen LogP contribution in [0.25, 0.3) is 0 Å². The van der Waals surface area contributed by atoms with Crippen LogP contribution in [0.2, 0.25) is 0 Å². The van der Waals surface area contributed by atoms with E-state index < -0.39 is 0 Å². The number of aromatic nitrogens is 1. The first kappa shape index (κ1) is 11.0. The lowest BCUT2D eigenvalue weighted by atomic mass is 10.2. The predicted octanol–water partition coefficient (Wildman–Crippen LogP) is 1.75. The van der Waals surface area contributed by atoms with Gasteiger partial charge < -0.3 is 10.2 Å². The molecule has 3 nitrogen and oxygen atoms in total. The summed E-state index contributed by atoms with van der Waals surface area (Å²) in [5, 5.41) is 3.43. The number of rotatable bonds is 4. The van der Waals surface area contributed by atoms with Gasteiger partial charge in [-0.1, -0.05) is 0 Å². The monoisotopic (exact) mass is 193 g/mol. The minimum Gasteiger partial charge on any atom is -0.381 e. The number of likely N-dealkylation sites (N-methyl/N-ethyl adjacent to an activating group) is 1. The van der Waals surface area contributed by atoms with E-state index in [1.165, 1.54) is 0 Å². The van der Waals surface area contributed by atoms with Crippen molar-refractivity contribution in [1.82, 2.24) is 9.88 Å². The summed E-state index contributed by atoms with van der Waals surface area (Å²) in [5.41, 5.74) is 2.19. The lowest BCUT2D eigenvalue weighted by Gasteiger charge is -2.19. The van der Waals surface area contributed by atoms with Crippen molar-refractivity contribution in [3.63, 3.8) is 0 Å². The second-order valence-electron chi connectivity index (χ2n) is 3.99. The minimum atomic E-state index is 0.451. The number of hydrogen-bond acceptors (Lipinski definition) is 3. The molecule has 0 aliphatic heterocycles. The average Bonchev–Trinajstić information content (AvgIpc) is 2.01. The molecule has 0 amide bonds. The Bertz CT molecular complexity index is 284. The Balaban J connectivity index is 2.51. The molecule has 1 aromatic heterocycles. The Hall–Kier alpha value is -1.09. The van der Waals surface area contributed by atoms with E-state index >= 15 is 0 Å². The molecule has 1 N–H and O–H groups in total. The maximum Gasteiger partial charge on any atom is 0.0393 e. The number of hydrogen-bond donors (Lipinski definition) is 1. The lowest BCUT2D eigenvalue weighted by molar-refractivity contribution is 0.392. The zero-order valence-corrected chi connectivity index (χ0v) is 9.41. The normalized spacial score (nSPS) is 12.9. The third-order valence-electron chi connectivity index (χ3n) is 1.95. The van der Waals surface area contributed by atoms with Crippen molar-refractivity contribution in [2.24, 2.45) is 0 Å². The van der Waals surface area contributed by atoms with Gasteiger partial charge in [0.25, 0.3) is 0 Å². The summed E-state index contributed by atoms with van der Waals surface area (Å²) in [5.74, 6) is 0. The van der Waals surface area contributed by atoms with Crippen LogP contribution >= 0.6 is 0 Å². The van der Waals surface area contributed by atoms with Gasteiger partial charge in [-0.05, 0) is 40.1 Å². The molecule has 1 heterocycles. The summed E-state index contributed by atoms with van der Waals surface area (Å²) in [7, 11) is 4.16. The van der Waals surface area contributed by atoms with Gasteiger partial charge >= 0.3 is 0 Å². The molecule has 0 aromatic carbocycles. The van der Waals surface area contributed by atoms with Gasteiger partial charge in [-0.25, -0.2) is 0 Å². The van der Waals surface area contributed by atoms with E-state index in [-0.39, 0.29) is 0 Å². The molecule has 1 rings (SSSR count).